The Hall–Kier alpha value is -3.47. The Morgan fingerprint density at radius 2 is 1.63 bits per heavy atom. The third kappa shape index (κ3) is 4.39. The Morgan fingerprint density at radius 1 is 0.963 bits per heavy atom. The quantitative estimate of drug-likeness (QED) is 0.530. The smallest absolute Gasteiger partial charge is 0.271 e. The van der Waals surface area contributed by atoms with E-state index < -0.39 is 5.82 Å². The third-order valence-electron chi connectivity index (χ3n) is 4.15. The zero-order valence-electron chi connectivity index (χ0n) is 15.1. The maximum atomic E-state index is 14.1. The summed E-state index contributed by atoms with van der Waals surface area (Å²) in [6, 6.07) is 21.6. The first-order valence-corrected chi connectivity index (χ1v) is 8.42. The molecule has 0 fully saturated rings. The van der Waals surface area contributed by atoms with Crippen LogP contribution in [-0.4, -0.2) is 18.7 Å². The number of carbonyl (C=O) groups is 1. The Labute approximate surface area is 157 Å². The molecule has 0 unspecified atom stereocenters. The van der Waals surface area contributed by atoms with Crippen molar-refractivity contribution in [2.75, 3.05) is 7.11 Å². The fraction of sp³-hybridized carbons (Fsp3) is 0.0909. The molecule has 136 valence electrons. The number of hydrogen-bond donors (Lipinski definition) is 1. The van der Waals surface area contributed by atoms with E-state index in [-0.39, 0.29) is 5.91 Å². The van der Waals surface area contributed by atoms with Crippen LogP contribution in [-0.2, 0) is 0 Å². The topological polar surface area (TPSA) is 50.7 Å². The monoisotopic (exact) mass is 362 g/mol. The van der Waals surface area contributed by atoms with Crippen molar-refractivity contribution in [2.45, 2.75) is 6.92 Å². The highest BCUT2D eigenvalue weighted by Crippen LogP contribution is 2.19. The Bertz CT molecular complexity index is 967. The van der Waals surface area contributed by atoms with Gasteiger partial charge in [-0.2, -0.15) is 5.10 Å². The molecule has 0 atom stereocenters. The summed E-state index contributed by atoms with van der Waals surface area (Å²) in [5.41, 5.74) is 5.70. The lowest BCUT2D eigenvalue weighted by atomic mass is 10.0. The van der Waals surface area contributed by atoms with Gasteiger partial charge < -0.3 is 4.74 Å². The van der Waals surface area contributed by atoms with Crippen LogP contribution in [0, 0.1) is 5.82 Å². The fourth-order valence-corrected chi connectivity index (χ4v) is 2.62. The van der Waals surface area contributed by atoms with Crippen molar-refractivity contribution in [3.05, 3.63) is 89.7 Å². The molecule has 3 aromatic carbocycles. The first-order chi connectivity index (χ1) is 13.1. The summed E-state index contributed by atoms with van der Waals surface area (Å²) in [7, 11) is 1.47. The highest BCUT2D eigenvalue weighted by atomic mass is 19.1. The van der Waals surface area contributed by atoms with E-state index in [0.29, 0.717) is 22.6 Å². The first-order valence-electron chi connectivity index (χ1n) is 8.42. The molecule has 0 saturated carbocycles. The van der Waals surface area contributed by atoms with Crippen LogP contribution in [0.25, 0.3) is 11.1 Å². The minimum Gasteiger partial charge on any atom is -0.497 e. The minimum absolute atomic E-state index is 0.301. The van der Waals surface area contributed by atoms with Crippen LogP contribution in [0.15, 0.2) is 77.9 Å². The van der Waals surface area contributed by atoms with E-state index in [4.69, 9.17) is 4.74 Å². The molecule has 1 amide bonds. The van der Waals surface area contributed by atoms with Gasteiger partial charge in [0.2, 0.25) is 0 Å². The molecule has 0 aliphatic heterocycles. The summed E-state index contributed by atoms with van der Waals surface area (Å²) in [5, 5.41) is 4.00. The molecule has 0 spiro atoms. The zero-order chi connectivity index (χ0) is 19.2. The van der Waals surface area contributed by atoms with Gasteiger partial charge in [-0.05, 0) is 42.3 Å². The molecule has 3 rings (SSSR count). The van der Waals surface area contributed by atoms with Crippen molar-refractivity contribution < 1.29 is 13.9 Å². The van der Waals surface area contributed by atoms with E-state index in [1.165, 1.54) is 13.2 Å². The Kier molecular flexibility index (Phi) is 5.61. The summed E-state index contributed by atoms with van der Waals surface area (Å²) in [5.74, 6) is -0.397. The van der Waals surface area contributed by atoms with E-state index in [1.807, 2.05) is 42.5 Å². The van der Waals surface area contributed by atoms with Gasteiger partial charge in [-0.3, -0.25) is 4.79 Å². The van der Waals surface area contributed by atoms with Gasteiger partial charge in [0.1, 0.15) is 11.6 Å². The number of nitrogens with one attached hydrogen (secondary N) is 1. The summed E-state index contributed by atoms with van der Waals surface area (Å²) < 4.78 is 19.0. The Morgan fingerprint density at radius 3 is 2.26 bits per heavy atom. The lowest BCUT2D eigenvalue weighted by molar-refractivity contribution is 0.0955. The van der Waals surface area contributed by atoms with Crippen LogP contribution in [0.3, 0.4) is 0 Å². The lowest BCUT2D eigenvalue weighted by Gasteiger charge is -2.07. The average Bonchev–Trinajstić information content (AvgIpc) is 2.72. The van der Waals surface area contributed by atoms with Crippen LogP contribution < -0.4 is 10.2 Å². The maximum Gasteiger partial charge on any atom is 0.271 e. The molecule has 0 radical (unpaired) electrons. The number of carbonyl (C=O) groups excluding carboxylic acids is 1. The number of nitrogens with zero attached hydrogens (tertiary/aromatic N) is 1. The molecule has 27 heavy (non-hydrogen) atoms. The molecular weight excluding hydrogens is 343 g/mol. The molecule has 0 aliphatic rings. The van der Waals surface area contributed by atoms with Gasteiger partial charge in [-0.15, -0.1) is 0 Å². The molecule has 3 aromatic rings. The summed E-state index contributed by atoms with van der Waals surface area (Å²) >= 11 is 0. The second-order valence-corrected chi connectivity index (χ2v) is 5.93. The summed E-state index contributed by atoms with van der Waals surface area (Å²) in [6.07, 6.45) is 0. The lowest BCUT2D eigenvalue weighted by Crippen LogP contribution is -2.19. The van der Waals surface area contributed by atoms with Crippen LogP contribution in [0.5, 0.6) is 5.75 Å². The SMILES string of the molecule is COc1ccc(/C(C)=N/NC(=O)c2ccc(-c3ccccc3)cc2)c(F)c1. The number of benzene rings is 3. The number of amides is 1. The van der Waals surface area contributed by atoms with E-state index in [2.05, 4.69) is 10.5 Å². The average molecular weight is 362 g/mol. The molecule has 0 aromatic heterocycles. The molecule has 0 bridgehead atoms. The van der Waals surface area contributed by atoms with Crippen molar-refractivity contribution in [3.8, 4) is 16.9 Å². The fourth-order valence-electron chi connectivity index (χ4n) is 2.62. The van der Waals surface area contributed by atoms with Gasteiger partial charge >= 0.3 is 0 Å². The number of hydrogen-bond acceptors (Lipinski definition) is 3. The summed E-state index contributed by atoms with van der Waals surface area (Å²) in [4.78, 5) is 12.3. The van der Waals surface area contributed by atoms with Crippen LogP contribution in [0.1, 0.15) is 22.8 Å². The second kappa shape index (κ2) is 8.27. The third-order valence-corrected chi connectivity index (χ3v) is 4.15. The largest absolute Gasteiger partial charge is 0.497 e. The van der Waals surface area contributed by atoms with E-state index in [9.17, 15) is 9.18 Å². The first kappa shape index (κ1) is 18.3. The molecular formula is C22H19FN2O2. The Balaban J connectivity index is 1.71. The van der Waals surface area contributed by atoms with Crippen molar-refractivity contribution in [2.24, 2.45) is 5.10 Å². The number of hydrazone groups is 1. The number of rotatable bonds is 5. The highest BCUT2D eigenvalue weighted by molar-refractivity contribution is 6.01. The van der Waals surface area contributed by atoms with Crippen LogP contribution in [0.4, 0.5) is 4.39 Å². The minimum atomic E-state index is -0.461. The highest BCUT2D eigenvalue weighted by Gasteiger charge is 2.09. The molecule has 0 heterocycles. The number of ether oxygens (including phenoxy) is 1. The summed E-state index contributed by atoms with van der Waals surface area (Å²) in [6.45, 7) is 1.63. The molecule has 5 heteroatoms. The molecule has 1 N–H and O–H groups in total. The van der Waals surface area contributed by atoms with E-state index in [1.54, 1.807) is 31.2 Å². The molecule has 0 aliphatic carbocycles. The number of halogens is 1. The van der Waals surface area contributed by atoms with Gasteiger partial charge in [0.15, 0.2) is 0 Å². The van der Waals surface area contributed by atoms with Crippen LogP contribution >= 0.6 is 0 Å². The van der Waals surface area contributed by atoms with Crippen LogP contribution in [0.2, 0.25) is 0 Å². The van der Waals surface area contributed by atoms with Crippen molar-refractivity contribution >= 4 is 11.6 Å². The molecule has 4 nitrogen and oxygen atoms in total. The molecule has 0 saturated heterocycles. The number of methoxy groups -OCH3 is 1. The van der Waals surface area contributed by atoms with Gasteiger partial charge in [0.05, 0.1) is 12.8 Å². The van der Waals surface area contributed by atoms with E-state index >= 15 is 0 Å². The normalized spacial score (nSPS) is 11.1. The predicted octanol–water partition coefficient (Wildman–Crippen LogP) is 4.66. The van der Waals surface area contributed by atoms with Gasteiger partial charge in [-0.25, -0.2) is 9.82 Å². The van der Waals surface area contributed by atoms with E-state index in [0.717, 1.165) is 11.1 Å². The van der Waals surface area contributed by atoms with Gasteiger partial charge in [0, 0.05) is 17.2 Å². The van der Waals surface area contributed by atoms with Crippen molar-refractivity contribution in [1.29, 1.82) is 0 Å². The van der Waals surface area contributed by atoms with Gasteiger partial charge in [-0.1, -0.05) is 42.5 Å². The zero-order valence-corrected chi connectivity index (χ0v) is 15.1. The predicted molar refractivity (Wildman–Crippen MR) is 105 cm³/mol. The second-order valence-electron chi connectivity index (χ2n) is 5.93. The van der Waals surface area contributed by atoms with Gasteiger partial charge in [0.25, 0.3) is 5.91 Å². The maximum absolute atomic E-state index is 14.1. The standard InChI is InChI=1S/C22H19FN2O2/c1-15(20-13-12-19(27-2)14-21(20)23)24-25-22(26)18-10-8-17(9-11-18)16-6-4-3-5-7-16/h3-14H,1-2H3,(H,25,26)/b24-15+. The van der Waals surface area contributed by atoms with Crippen molar-refractivity contribution in [1.82, 2.24) is 5.43 Å². The van der Waals surface area contributed by atoms with Crippen molar-refractivity contribution in [3.63, 3.8) is 0 Å².